The number of pyridine rings is 1. The van der Waals surface area contributed by atoms with E-state index in [1.165, 1.54) is 11.8 Å². The Morgan fingerprint density at radius 1 is 1.31 bits per heavy atom. The van der Waals surface area contributed by atoms with Gasteiger partial charge in [-0.1, -0.05) is 31.7 Å². The number of nitrogens with one attached hydrogen (secondary N) is 1. The van der Waals surface area contributed by atoms with Gasteiger partial charge in [0.1, 0.15) is 0 Å². The van der Waals surface area contributed by atoms with E-state index in [0.717, 1.165) is 5.56 Å². The summed E-state index contributed by atoms with van der Waals surface area (Å²) in [5.41, 5.74) is 0.965. The summed E-state index contributed by atoms with van der Waals surface area (Å²) in [4.78, 5) is 16.7. The fourth-order valence-electron chi connectivity index (χ4n) is 2.44. The van der Waals surface area contributed by atoms with Gasteiger partial charge in [0.2, 0.25) is 5.91 Å². The summed E-state index contributed by atoms with van der Waals surface area (Å²) in [5.74, 6) is 1.39. The molecule has 1 amide bonds. The Hall–Kier alpha value is -2.61. The molecule has 3 aromatic heterocycles. The van der Waals surface area contributed by atoms with Crippen molar-refractivity contribution in [1.82, 2.24) is 25.1 Å². The van der Waals surface area contributed by atoms with Crippen LogP contribution in [0, 0.1) is 5.92 Å². The van der Waals surface area contributed by atoms with Gasteiger partial charge in [0, 0.05) is 26.0 Å². The average Bonchev–Trinajstić information content (AvgIpc) is 3.28. The summed E-state index contributed by atoms with van der Waals surface area (Å²) in [6.07, 6.45) is 5.05. The first-order chi connectivity index (χ1) is 12.6. The number of hydrogen-bond donors (Lipinski definition) is 1. The highest BCUT2D eigenvalue weighted by molar-refractivity contribution is 8.00. The zero-order valence-corrected chi connectivity index (χ0v) is 15.7. The number of nitrogens with zero attached hydrogens (tertiary/aromatic N) is 4. The molecule has 0 bridgehead atoms. The van der Waals surface area contributed by atoms with Gasteiger partial charge in [-0.3, -0.25) is 9.78 Å². The molecule has 0 aliphatic carbocycles. The second-order valence-electron chi connectivity index (χ2n) is 6.20. The van der Waals surface area contributed by atoms with E-state index in [0.29, 0.717) is 23.3 Å². The van der Waals surface area contributed by atoms with E-state index < -0.39 is 0 Å². The molecule has 3 rings (SSSR count). The third-order valence-corrected chi connectivity index (χ3v) is 5.44. The summed E-state index contributed by atoms with van der Waals surface area (Å²) in [6.45, 7) is 4.49. The highest BCUT2D eigenvalue weighted by Gasteiger charge is 2.26. The van der Waals surface area contributed by atoms with Crippen molar-refractivity contribution in [1.29, 1.82) is 0 Å². The smallest absolute Gasteiger partial charge is 0.234 e. The van der Waals surface area contributed by atoms with Crippen molar-refractivity contribution in [2.75, 3.05) is 0 Å². The molecule has 0 radical (unpaired) electrons. The number of rotatable bonds is 7. The maximum Gasteiger partial charge on any atom is 0.234 e. The van der Waals surface area contributed by atoms with Crippen molar-refractivity contribution in [3.8, 4) is 11.6 Å². The van der Waals surface area contributed by atoms with Gasteiger partial charge in [-0.15, -0.1) is 10.2 Å². The number of hydrogen-bond acceptors (Lipinski definition) is 6. The van der Waals surface area contributed by atoms with Gasteiger partial charge in [0.25, 0.3) is 0 Å². The number of carbonyl (C=O) groups is 1. The van der Waals surface area contributed by atoms with Gasteiger partial charge in [0.15, 0.2) is 16.7 Å². The molecule has 0 aromatic carbocycles. The molecule has 3 aromatic rings. The quantitative estimate of drug-likeness (QED) is 0.643. The molecule has 1 N–H and O–H groups in total. The Labute approximate surface area is 156 Å². The van der Waals surface area contributed by atoms with Crippen molar-refractivity contribution in [2.45, 2.75) is 30.8 Å². The van der Waals surface area contributed by atoms with E-state index >= 15 is 0 Å². The third kappa shape index (κ3) is 4.13. The number of furan rings is 1. The van der Waals surface area contributed by atoms with Gasteiger partial charge in [-0.25, -0.2) is 0 Å². The zero-order chi connectivity index (χ0) is 18.5. The third-order valence-electron chi connectivity index (χ3n) is 3.86. The van der Waals surface area contributed by atoms with E-state index in [1.807, 2.05) is 43.7 Å². The lowest BCUT2D eigenvalue weighted by atomic mass is 10.1. The standard InChI is InChI=1S/C18H21N5O2S/c1-12(2)15(17(24)20-11-13-6-4-8-19-10-13)26-18-22-21-16(23(18)3)14-7-5-9-25-14/h4-10,12,15H,11H2,1-3H3,(H,20,24)/t15-/m1/s1. The molecule has 26 heavy (non-hydrogen) atoms. The van der Waals surface area contributed by atoms with Crippen molar-refractivity contribution >= 4 is 17.7 Å². The Bertz CT molecular complexity index is 846. The minimum Gasteiger partial charge on any atom is -0.461 e. The van der Waals surface area contributed by atoms with E-state index in [1.54, 1.807) is 24.7 Å². The fraction of sp³-hybridized carbons (Fsp3) is 0.333. The summed E-state index contributed by atoms with van der Waals surface area (Å²) in [6, 6.07) is 7.42. The minimum atomic E-state index is -0.279. The maximum atomic E-state index is 12.7. The number of aromatic nitrogens is 4. The molecule has 0 saturated carbocycles. The van der Waals surface area contributed by atoms with Crippen LogP contribution in [0.15, 0.2) is 52.5 Å². The van der Waals surface area contributed by atoms with E-state index in [4.69, 9.17) is 4.42 Å². The van der Waals surface area contributed by atoms with Gasteiger partial charge in [-0.05, 0) is 29.7 Å². The van der Waals surface area contributed by atoms with Crippen molar-refractivity contribution < 1.29 is 9.21 Å². The van der Waals surface area contributed by atoms with Crippen LogP contribution in [-0.2, 0) is 18.4 Å². The van der Waals surface area contributed by atoms with Crippen LogP contribution in [0.25, 0.3) is 11.6 Å². The molecular formula is C18H21N5O2S. The molecule has 1 atom stereocenters. The van der Waals surface area contributed by atoms with E-state index in [2.05, 4.69) is 20.5 Å². The summed E-state index contributed by atoms with van der Waals surface area (Å²) >= 11 is 1.40. The molecule has 0 spiro atoms. The van der Waals surface area contributed by atoms with Gasteiger partial charge in [-0.2, -0.15) is 0 Å². The van der Waals surface area contributed by atoms with E-state index in [9.17, 15) is 4.79 Å². The first-order valence-corrected chi connectivity index (χ1v) is 9.20. The van der Waals surface area contributed by atoms with Crippen LogP contribution < -0.4 is 5.32 Å². The van der Waals surface area contributed by atoms with Gasteiger partial charge >= 0.3 is 0 Å². The Morgan fingerprint density at radius 3 is 2.81 bits per heavy atom. The molecule has 0 saturated heterocycles. The lowest BCUT2D eigenvalue weighted by Gasteiger charge is -2.19. The Balaban J connectivity index is 1.70. The SMILES string of the molecule is CC(C)[C@@H](Sc1nnc(-c2ccco2)n1C)C(=O)NCc1cccnc1. The van der Waals surface area contributed by atoms with Crippen LogP contribution >= 0.6 is 11.8 Å². The fourth-order valence-corrected chi connectivity index (χ4v) is 3.46. The number of amides is 1. The van der Waals surface area contributed by atoms with Crippen LogP contribution in [-0.4, -0.2) is 30.9 Å². The van der Waals surface area contributed by atoms with Crippen LogP contribution in [0.5, 0.6) is 0 Å². The minimum absolute atomic E-state index is 0.0311. The lowest BCUT2D eigenvalue weighted by Crippen LogP contribution is -2.35. The molecule has 3 heterocycles. The first-order valence-electron chi connectivity index (χ1n) is 8.32. The molecule has 136 valence electrons. The molecule has 0 unspecified atom stereocenters. The molecule has 0 fully saturated rings. The van der Waals surface area contributed by atoms with Gasteiger partial charge < -0.3 is 14.3 Å². The normalized spacial score (nSPS) is 12.3. The second-order valence-corrected chi connectivity index (χ2v) is 7.31. The van der Waals surface area contributed by atoms with Crippen molar-refractivity contribution in [3.63, 3.8) is 0 Å². The molecule has 7 nitrogen and oxygen atoms in total. The maximum absolute atomic E-state index is 12.7. The molecule has 0 aliphatic rings. The van der Waals surface area contributed by atoms with Gasteiger partial charge in [0.05, 0.1) is 11.5 Å². The predicted molar refractivity (Wildman–Crippen MR) is 99.3 cm³/mol. The topological polar surface area (TPSA) is 85.8 Å². The highest BCUT2D eigenvalue weighted by atomic mass is 32.2. The zero-order valence-electron chi connectivity index (χ0n) is 14.9. The number of thioether (sulfide) groups is 1. The van der Waals surface area contributed by atoms with Crippen molar-refractivity contribution in [3.05, 3.63) is 48.5 Å². The molecular weight excluding hydrogens is 350 g/mol. The van der Waals surface area contributed by atoms with Crippen LogP contribution in [0.3, 0.4) is 0 Å². The highest BCUT2D eigenvalue weighted by Crippen LogP contribution is 2.29. The lowest BCUT2D eigenvalue weighted by molar-refractivity contribution is -0.121. The van der Waals surface area contributed by atoms with Crippen LogP contribution in [0.4, 0.5) is 0 Å². The van der Waals surface area contributed by atoms with Crippen LogP contribution in [0.1, 0.15) is 19.4 Å². The Kier molecular flexibility index (Phi) is 5.72. The van der Waals surface area contributed by atoms with E-state index in [-0.39, 0.29) is 17.1 Å². The molecule has 0 aliphatic heterocycles. The summed E-state index contributed by atoms with van der Waals surface area (Å²) in [7, 11) is 1.87. The molecule has 8 heteroatoms. The number of carbonyl (C=O) groups excluding carboxylic acids is 1. The van der Waals surface area contributed by atoms with Crippen LogP contribution in [0.2, 0.25) is 0 Å². The summed E-state index contributed by atoms with van der Waals surface area (Å²) in [5, 5.41) is 11.8. The largest absolute Gasteiger partial charge is 0.461 e. The Morgan fingerprint density at radius 2 is 2.15 bits per heavy atom. The average molecular weight is 371 g/mol. The predicted octanol–water partition coefficient (Wildman–Crippen LogP) is 2.90. The monoisotopic (exact) mass is 371 g/mol. The van der Waals surface area contributed by atoms with Crippen molar-refractivity contribution in [2.24, 2.45) is 13.0 Å². The second kappa shape index (κ2) is 8.18. The first kappa shape index (κ1) is 18.2. The summed E-state index contributed by atoms with van der Waals surface area (Å²) < 4.78 is 7.22.